The largest absolute Gasteiger partial charge is 0.361 e. The van der Waals surface area contributed by atoms with E-state index in [1.165, 1.54) is 28.2 Å². The first-order valence-corrected chi connectivity index (χ1v) is 6.57. The molecule has 1 aromatic carbocycles. The summed E-state index contributed by atoms with van der Waals surface area (Å²) in [6.07, 6.45) is 12.3. The van der Waals surface area contributed by atoms with Crippen molar-refractivity contribution in [3.8, 4) is 0 Å². The summed E-state index contributed by atoms with van der Waals surface area (Å²) in [5.41, 5.74) is 3.84. The first-order valence-electron chi connectivity index (χ1n) is 7.01. The third-order valence-corrected chi connectivity index (χ3v) is 3.01. The van der Waals surface area contributed by atoms with Gasteiger partial charge in [0.1, 0.15) is 12.7 Å². The predicted molar refractivity (Wildman–Crippen MR) is 84.0 cm³/mol. The minimum atomic E-state index is 0.813. The van der Waals surface area contributed by atoms with Gasteiger partial charge < -0.3 is 5.31 Å². The number of allylic oxidation sites excluding steroid dienone is 5. The van der Waals surface area contributed by atoms with Crippen LogP contribution in [0.1, 0.15) is 5.56 Å². The van der Waals surface area contributed by atoms with Gasteiger partial charge in [-0.25, -0.2) is 4.68 Å². The van der Waals surface area contributed by atoms with Gasteiger partial charge in [-0.3, -0.25) is 0 Å². The van der Waals surface area contributed by atoms with Crippen LogP contribution in [0.5, 0.6) is 0 Å². The number of rotatable bonds is 4. The first-order chi connectivity index (χ1) is 10.7. The molecule has 0 radical (unpaired) electrons. The second kappa shape index (κ2) is 6.00. The molecule has 0 unspecified atom stereocenters. The van der Waals surface area contributed by atoms with Crippen LogP contribution in [-0.2, 0) is 0 Å². The molecule has 0 spiro atoms. The normalized spacial score (nSPS) is 16.5. The molecular weight excluding hydrogens is 262 g/mol. The van der Waals surface area contributed by atoms with Gasteiger partial charge in [-0.15, -0.1) is 10.2 Å². The van der Waals surface area contributed by atoms with E-state index in [1.54, 1.807) is 12.4 Å². The molecule has 1 aliphatic rings. The number of aryl methyl sites for hydroxylation is 1. The fourth-order valence-electron chi connectivity index (χ4n) is 1.84. The van der Waals surface area contributed by atoms with Crippen molar-refractivity contribution < 1.29 is 1.41 Å². The van der Waals surface area contributed by atoms with Crippen molar-refractivity contribution in [3.63, 3.8) is 0 Å². The molecule has 1 N–H and O–H groups in total. The molecule has 5 heteroatoms. The zero-order valence-electron chi connectivity index (χ0n) is 12.6. The maximum atomic E-state index is 8.14. The Morgan fingerprint density at radius 3 is 2.76 bits per heavy atom. The van der Waals surface area contributed by atoms with Gasteiger partial charge in [-0.05, 0) is 24.6 Å². The second-order valence-corrected chi connectivity index (χ2v) is 4.62. The minimum absolute atomic E-state index is 0.813. The van der Waals surface area contributed by atoms with Crippen LogP contribution in [0.2, 0.25) is 1.41 Å². The molecule has 0 saturated carbocycles. The molecule has 0 aliphatic heterocycles. The van der Waals surface area contributed by atoms with Crippen LogP contribution in [0, 0.1) is 6.92 Å². The summed E-state index contributed by atoms with van der Waals surface area (Å²) in [6, 6.07) is 7.83. The topological polar surface area (TPSA) is 55.1 Å². The number of benzene rings is 1. The van der Waals surface area contributed by atoms with Crippen molar-refractivity contribution in [1.82, 2.24) is 14.9 Å². The predicted octanol–water partition coefficient (Wildman–Crippen LogP) is 2.91. The van der Waals surface area contributed by atoms with Gasteiger partial charge in [0.2, 0.25) is 0 Å². The quantitative estimate of drug-likeness (QED) is 0.875. The Morgan fingerprint density at radius 1 is 1.24 bits per heavy atom. The van der Waals surface area contributed by atoms with E-state index in [0.717, 1.165) is 16.8 Å². The molecule has 0 saturated heterocycles. The smallest absolute Gasteiger partial charge is 0.166 e. The van der Waals surface area contributed by atoms with Gasteiger partial charge in [0.25, 0.3) is 0 Å². The molecule has 0 amide bonds. The average Bonchev–Trinajstić information content (AvgIpc) is 3.17. The molecule has 0 atom stereocenters. The highest BCUT2D eigenvalue weighted by Gasteiger charge is 2.04. The lowest BCUT2D eigenvalue weighted by atomic mass is 10.1. The maximum absolute atomic E-state index is 8.14. The highest BCUT2D eigenvalue weighted by molar-refractivity contribution is 5.88. The number of hydrogen-bond donors (Lipinski definition) is 1. The molecule has 0 fully saturated rings. The van der Waals surface area contributed by atoms with E-state index >= 15 is 0 Å². The number of nitrogens with zero attached hydrogens (tertiary/aromatic N) is 4. The highest BCUT2D eigenvalue weighted by Crippen LogP contribution is 2.17. The summed E-state index contributed by atoms with van der Waals surface area (Å²) >= 11 is 0. The van der Waals surface area contributed by atoms with Crippen LogP contribution in [-0.4, -0.2) is 21.1 Å². The monoisotopic (exact) mass is 278 g/mol. The van der Waals surface area contributed by atoms with Gasteiger partial charge in [0, 0.05) is 17.5 Å². The van der Waals surface area contributed by atoms with E-state index in [4.69, 9.17) is 1.41 Å². The summed E-state index contributed by atoms with van der Waals surface area (Å²) in [4.78, 5) is 0. The van der Waals surface area contributed by atoms with Crippen LogP contribution < -0.4 is 5.31 Å². The van der Waals surface area contributed by atoms with Crippen molar-refractivity contribution in [3.05, 3.63) is 78.1 Å². The van der Waals surface area contributed by atoms with Gasteiger partial charge in [-0.2, -0.15) is 5.10 Å². The van der Waals surface area contributed by atoms with E-state index in [2.05, 4.69) is 15.3 Å². The molecule has 1 aliphatic carbocycles. The number of aromatic nitrogens is 3. The number of nitrogens with one attached hydrogen (secondary N) is 1. The SMILES string of the molecule is [2H]N(/C=C1/C=CC=C1/C=N/n1cnnc1)c1ccc(C)cc1. The summed E-state index contributed by atoms with van der Waals surface area (Å²) in [7, 11) is 0. The average molecular weight is 278 g/mol. The Morgan fingerprint density at radius 2 is 2.00 bits per heavy atom. The van der Waals surface area contributed by atoms with E-state index in [9.17, 15) is 0 Å². The fourth-order valence-corrected chi connectivity index (χ4v) is 1.84. The van der Waals surface area contributed by atoms with Crippen LogP contribution in [0.25, 0.3) is 0 Å². The van der Waals surface area contributed by atoms with E-state index in [0.29, 0.717) is 0 Å². The Kier molecular flexibility index (Phi) is 3.38. The Labute approximate surface area is 124 Å². The van der Waals surface area contributed by atoms with Crippen LogP contribution >= 0.6 is 0 Å². The van der Waals surface area contributed by atoms with Crippen molar-refractivity contribution in [2.24, 2.45) is 5.10 Å². The lowest BCUT2D eigenvalue weighted by molar-refractivity contribution is 0.878. The molecule has 21 heavy (non-hydrogen) atoms. The minimum Gasteiger partial charge on any atom is -0.361 e. The maximum Gasteiger partial charge on any atom is 0.166 e. The zero-order valence-corrected chi connectivity index (χ0v) is 11.6. The molecule has 0 bridgehead atoms. The van der Waals surface area contributed by atoms with Crippen molar-refractivity contribution in [2.75, 3.05) is 5.31 Å². The Balaban J connectivity index is 1.76. The van der Waals surface area contributed by atoms with E-state index in [-0.39, 0.29) is 0 Å². The second-order valence-electron chi connectivity index (χ2n) is 4.62. The summed E-state index contributed by atoms with van der Waals surface area (Å²) in [6.45, 7) is 2.03. The molecule has 1 aromatic heterocycles. The van der Waals surface area contributed by atoms with Crippen LogP contribution in [0.3, 0.4) is 0 Å². The number of anilines is 1. The summed E-state index contributed by atoms with van der Waals surface area (Å²) in [5.74, 6) is 0. The molecule has 5 nitrogen and oxygen atoms in total. The fraction of sp³-hybridized carbons (Fsp3) is 0.0625. The van der Waals surface area contributed by atoms with Gasteiger partial charge >= 0.3 is 0 Å². The lowest BCUT2D eigenvalue weighted by Crippen LogP contribution is -1.94. The van der Waals surface area contributed by atoms with Gasteiger partial charge in [0.05, 0.1) is 6.21 Å². The molecule has 3 rings (SSSR count). The lowest BCUT2D eigenvalue weighted by Gasteiger charge is -2.04. The molecule has 104 valence electrons. The van der Waals surface area contributed by atoms with Crippen molar-refractivity contribution in [1.29, 1.82) is 0 Å². The van der Waals surface area contributed by atoms with Crippen LogP contribution in [0.4, 0.5) is 5.69 Å². The highest BCUT2D eigenvalue weighted by atomic mass is 15.4. The Bertz CT molecular complexity index is 754. The summed E-state index contributed by atoms with van der Waals surface area (Å²) < 4.78 is 9.66. The third-order valence-electron chi connectivity index (χ3n) is 3.01. The molecule has 2 aromatic rings. The standard InChI is InChI=1S/C16H15N5/c1-13-5-7-16(8-6-13)17-9-14-3-2-4-15(14)10-20-21-11-18-19-12-21/h2-12,17H,1H3/b14-9-,20-10+/i/hD. The number of hydrogen-bond acceptors (Lipinski definition) is 4. The van der Waals surface area contributed by atoms with Gasteiger partial charge in [0.15, 0.2) is 1.41 Å². The molecule has 1 heterocycles. The zero-order chi connectivity index (χ0) is 15.4. The summed E-state index contributed by atoms with van der Waals surface area (Å²) in [5, 5.41) is 13.0. The first kappa shape index (κ1) is 11.8. The van der Waals surface area contributed by atoms with Gasteiger partial charge in [-0.1, -0.05) is 35.9 Å². The third kappa shape index (κ3) is 3.33. The Hall–Kier alpha value is -2.95. The molecular formula is C16H15N5. The van der Waals surface area contributed by atoms with E-state index in [1.807, 2.05) is 49.4 Å². The van der Waals surface area contributed by atoms with Crippen molar-refractivity contribution >= 4 is 11.9 Å². The van der Waals surface area contributed by atoms with E-state index < -0.39 is 0 Å². The van der Waals surface area contributed by atoms with Crippen LogP contribution in [0.15, 0.2) is 77.6 Å². The van der Waals surface area contributed by atoms with Crippen molar-refractivity contribution in [2.45, 2.75) is 6.92 Å².